The molecule has 0 atom stereocenters. The standard InChI is InChI=1S/C20H17ClN2O/c1-24-15-11-9-14(10-12-15)20-22-18-16-7-3-2-5-13(16)6-4-8-17(18)19(21)23-20/h2-3,5,7,9-12H,4,6,8H2,1H3. The summed E-state index contributed by atoms with van der Waals surface area (Å²) in [5.41, 5.74) is 5.45. The number of fused-ring (bicyclic) bond motifs is 3. The third-order valence-corrected chi connectivity index (χ3v) is 4.76. The third-order valence-electron chi connectivity index (χ3n) is 4.45. The molecule has 0 unspecified atom stereocenters. The molecule has 0 fully saturated rings. The van der Waals surface area contributed by atoms with Crippen LogP contribution in [0.4, 0.5) is 0 Å². The third kappa shape index (κ3) is 2.65. The van der Waals surface area contributed by atoms with E-state index in [2.05, 4.69) is 29.2 Å². The summed E-state index contributed by atoms with van der Waals surface area (Å²) >= 11 is 6.52. The number of benzene rings is 2. The fourth-order valence-corrected chi connectivity index (χ4v) is 3.46. The first kappa shape index (κ1) is 15.2. The molecule has 0 amide bonds. The van der Waals surface area contributed by atoms with Crippen molar-refractivity contribution >= 4 is 11.6 Å². The van der Waals surface area contributed by atoms with Gasteiger partial charge in [0.2, 0.25) is 0 Å². The van der Waals surface area contributed by atoms with Crippen LogP contribution < -0.4 is 4.74 Å². The molecular formula is C20H17ClN2O. The van der Waals surface area contributed by atoms with Gasteiger partial charge in [0.1, 0.15) is 10.9 Å². The Labute approximate surface area is 146 Å². The number of nitrogens with zero attached hydrogens (tertiary/aromatic N) is 2. The molecule has 0 saturated heterocycles. The number of halogens is 1. The van der Waals surface area contributed by atoms with Gasteiger partial charge in [-0.15, -0.1) is 0 Å². The van der Waals surface area contributed by atoms with Crippen LogP contribution >= 0.6 is 11.6 Å². The van der Waals surface area contributed by atoms with Gasteiger partial charge < -0.3 is 4.74 Å². The molecule has 4 rings (SSSR count). The Hall–Kier alpha value is -2.39. The molecule has 24 heavy (non-hydrogen) atoms. The van der Waals surface area contributed by atoms with Crippen LogP contribution in [0.15, 0.2) is 48.5 Å². The molecule has 1 aliphatic rings. The van der Waals surface area contributed by atoms with Crippen molar-refractivity contribution < 1.29 is 4.74 Å². The zero-order valence-corrected chi connectivity index (χ0v) is 14.2. The maximum absolute atomic E-state index is 6.52. The molecule has 0 saturated carbocycles. The second-order valence-electron chi connectivity index (χ2n) is 5.90. The van der Waals surface area contributed by atoms with Crippen molar-refractivity contribution in [3.05, 3.63) is 64.8 Å². The van der Waals surface area contributed by atoms with Crippen LogP contribution in [0.3, 0.4) is 0 Å². The lowest BCUT2D eigenvalue weighted by molar-refractivity contribution is 0.415. The molecule has 0 spiro atoms. The van der Waals surface area contributed by atoms with Crippen LogP contribution in [0.5, 0.6) is 5.75 Å². The summed E-state index contributed by atoms with van der Waals surface area (Å²) in [5, 5.41) is 0.558. The Bertz CT molecular complexity index is 891. The van der Waals surface area contributed by atoms with E-state index in [1.165, 1.54) is 11.1 Å². The van der Waals surface area contributed by atoms with E-state index in [0.29, 0.717) is 11.0 Å². The summed E-state index contributed by atoms with van der Waals surface area (Å²) in [6, 6.07) is 16.2. The normalized spacial score (nSPS) is 12.9. The molecule has 2 aromatic carbocycles. The molecule has 120 valence electrons. The van der Waals surface area contributed by atoms with E-state index in [9.17, 15) is 0 Å². The largest absolute Gasteiger partial charge is 0.497 e. The van der Waals surface area contributed by atoms with E-state index in [1.54, 1.807) is 7.11 Å². The van der Waals surface area contributed by atoms with Gasteiger partial charge in [-0.1, -0.05) is 35.9 Å². The fraction of sp³-hybridized carbons (Fsp3) is 0.200. The Morgan fingerprint density at radius 2 is 1.75 bits per heavy atom. The lowest BCUT2D eigenvalue weighted by Crippen LogP contribution is -2.00. The molecule has 4 heteroatoms. The van der Waals surface area contributed by atoms with Gasteiger partial charge in [-0.3, -0.25) is 0 Å². The summed E-state index contributed by atoms with van der Waals surface area (Å²) in [5.74, 6) is 1.46. The minimum absolute atomic E-state index is 0.558. The molecule has 3 nitrogen and oxygen atoms in total. The molecule has 1 aromatic heterocycles. The zero-order valence-electron chi connectivity index (χ0n) is 13.4. The number of aromatic nitrogens is 2. The smallest absolute Gasteiger partial charge is 0.161 e. The predicted molar refractivity (Wildman–Crippen MR) is 96.5 cm³/mol. The highest BCUT2D eigenvalue weighted by Gasteiger charge is 2.20. The second kappa shape index (κ2) is 6.25. The Morgan fingerprint density at radius 1 is 0.958 bits per heavy atom. The van der Waals surface area contributed by atoms with Gasteiger partial charge in [0.15, 0.2) is 5.82 Å². The Morgan fingerprint density at radius 3 is 2.54 bits per heavy atom. The van der Waals surface area contributed by atoms with Crippen LogP contribution in [-0.4, -0.2) is 17.1 Å². The van der Waals surface area contributed by atoms with Crippen LogP contribution in [-0.2, 0) is 12.8 Å². The van der Waals surface area contributed by atoms with Gasteiger partial charge in [-0.2, -0.15) is 0 Å². The molecule has 3 aromatic rings. The van der Waals surface area contributed by atoms with E-state index < -0.39 is 0 Å². The van der Waals surface area contributed by atoms with Crippen LogP contribution in [0.25, 0.3) is 22.6 Å². The van der Waals surface area contributed by atoms with Gasteiger partial charge in [-0.25, -0.2) is 9.97 Å². The van der Waals surface area contributed by atoms with Gasteiger partial charge in [-0.05, 0) is 49.1 Å². The highest BCUT2D eigenvalue weighted by Crippen LogP contribution is 2.35. The molecule has 1 aliphatic carbocycles. The minimum atomic E-state index is 0.558. The Kier molecular flexibility index (Phi) is 3.95. The van der Waals surface area contributed by atoms with Crippen LogP contribution in [0, 0.1) is 0 Å². The molecule has 1 heterocycles. The Balaban J connectivity index is 1.89. The van der Waals surface area contributed by atoms with Crippen molar-refractivity contribution in [1.29, 1.82) is 0 Å². The van der Waals surface area contributed by atoms with E-state index in [0.717, 1.165) is 41.8 Å². The average molecular weight is 337 g/mol. The van der Waals surface area contributed by atoms with Gasteiger partial charge in [0.05, 0.1) is 12.8 Å². The number of hydrogen-bond acceptors (Lipinski definition) is 3. The number of aryl methyl sites for hydroxylation is 1. The van der Waals surface area contributed by atoms with Crippen molar-refractivity contribution in [3.8, 4) is 28.4 Å². The highest BCUT2D eigenvalue weighted by atomic mass is 35.5. The summed E-state index contributed by atoms with van der Waals surface area (Å²) in [6.07, 6.45) is 3.02. The number of methoxy groups -OCH3 is 1. The first-order valence-corrected chi connectivity index (χ1v) is 8.43. The van der Waals surface area contributed by atoms with Gasteiger partial charge in [0, 0.05) is 16.7 Å². The molecular weight excluding hydrogens is 320 g/mol. The van der Waals surface area contributed by atoms with Crippen LogP contribution in [0.2, 0.25) is 5.15 Å². The van der Waals surface area contributed by atoms with Crippen LogP contribution in [0.1, 0.15) is 17.5 Å². The van der Waals surface area contributed by atoms with Gasteiger partial charge in [0.25, 0.3) is 0 Å². The topological polar surface area (TPSA) is 35.0 Å². The van der Waals surface area contributed by atoms with E-state index in [4.69, 9.17) is 21.3 Å². The summed E-state index contributed by atoms with van der Waals surface area (Å²) < 4.78 is 5.22. The monoisotopic (exact) mass is 336 g/mol. The zero-order chi connectivity index (χ0) is 16.5. The first-order valence-electron chi connectivity index (χ1n) is 8.05. The van der Waals surface area contributed by atoms with Crippen molar-refractivity contribution in [1.82, 2.24) is 9.97 Å². The van der Waals surface area contributed by atoms with E-state index >= 15 is 0 Å². The van der Waals surface area contributed by atoms with E-state index in [-0.39, 0.29) is 0 Å². The summed E-state index contributed by atoms with van der Waals surface area (Å²) in [6.45, 7) is 0. The first-order chi connectivity index (χ1) is 11.8. The second-order valence-corrected chi connectivity index (χ2v) is 6.26. The van der Waals surface area contributed by atoms with Crippen molar-refractivity contribution in [3.63, 3.8) is 0 Å². The lowest BCUT2D eigenvalue weighted by atomic mass is 10.0. The van der Waals surface area contributed by atoms with Crippen molar-refractivity contribution in [2.24, 2.45) is 0 Å². The SMILES string of the molecule is COc1ccc(-c2nc(Cl)c3c(n2)-c2ccccc2CCC3)cc1. The molecule has 0 N–H and O–H groups in total. The number of hydrogen-bond donors (Lipinski definition) is 0. The predicted octanol–water partition coefficient (Wildman–Crippen LogP) is 4.96. The number of rotatable bonds is 2. The minimum Gasteiger partial charge on any atom is -0.497 e. The summed E-state index contributed by atoms with van der Waals surface area (Å²) in [7, 11) is 1.65. The van der Waals surface area contributed by atoms with Crippen molar-refractivity contribution in [2.45, 2.75) is 19.3 Å². The maximum atomic E-state index is 6.52. The molecule has 0 aliphatic heterocycles. The quantitative estimate of drug-likeness (QED) is 0.620. The summed E-state index contributed by atoms with van der Waals surface area (Å²) in [4.78, 5) is 9.41. The van der Waals surface area contributed by atoms with Crippen molar-refractivity contribution in [2.75, 3.05) is 7.11 Å². The average Bonchev–Trinajstić information content (AvgIpc) is 2.82. The van der Waals surface area contributed by atoms with Gasteiger partial charge >= 0.3 is 0 Å². The highest BCUT2D eigenvalue weighted by molar-refractivity contribution is 6.30. The maximum Gasteiger partial charge on any atom is 0.161 e. The lowest BCUT2D eigenvalue weighted by Gasteiger charge is -2.12. The molecule has 0 bridgehead atoms. The number of ether oxygens (including phenoxy) is 1. The van der Waals surface area contributed by atoms with E-state index in [1.807, 2.05) is 24.3 Å². The fourth-order valence-electron chi connectivity index (χ4n) is 3.20. The molecule has 0 radical (unpaired) electrons.